The lowest BCUT2D eigenvalue weighted by Gasteiger charge is -2.10. The Balaban J connectivity index is 2.14. The Labute approximate surface area is 111 Å². The predicted octanol–water partition coefficient (Wildman–Crippen LogP) is 1.68. The van der Waals surface area contributed by atoms with Crippen LogP contribution in [0.4, 0.5) is 11.4 Å². The van der Waals surface area contributed by atoms with Crippen LogP contribution in [-0.4, -0.2) is 10.9 Å². The Hall–Kier alpha value is -2.56. The molecule has 5 N–H and O–H groups in total. The van der Waals surface area contributed by atoms with Crippen molar-refractivity contribution in [2.24, 2.45) is 5.73 Å². The van der Waals surface area contributed by atoms with Crippen LogP contribution in [0.1, 0.15) is 21.5 Å². The average Bonchev–Trinajstić information content (AvgIpc) is 2.39. The minimum absolute atomic E-state index is 0.330. The molecule has 0 saturated heterocycles. The number of nitrogen functional groups attached to an aromatic ring is 1. The molecule has 0 aliphatic heterocycles. The first kappa shape index (κ1) is 12.9. The van der Waals surface area contributed by atoms with E-state index in [9.17, 15) is 4.79 Å². The maximum atomic E-state index is 11.2. The number of carbonyl (C=O) groups is 1. The molecule has 5 heteroatoms. The number of benzene rings is 1. The smallest absolute Gasteiger partial charge is 0.250 e. The van der Waals surface area contributed by atoms with Gasteiger partial charge in [0.05, 0.1) is 5.56 Å². The van der Waals surface area contributed by atoms with E-state index in [1.54, 1.807) is 18.3 Å². The Morgan fingerprint density at radius 1 is 1.37 bits per heavy atom. The number of aromatic nitrogens is 1. The predicted molar refractivity (Wildman–Crippen MR) is 75.7 cm³/mol. The summed E-state index contributed by atoms with van der Waals surface area (Å²) < 4.78 is 0. The van der Waals surface area contributed by atoms with E-state index in [0.29, 0.717) is 17.8 Å². The van der Waals surface area contributed by atoms with Crippen LogP contribution in [0.25, 0.3) is 0 Å². The lowest BCUT2D eigenvalue weighted by Crippen LogP contribution is -2.14. The van der Waals surface area contributed by atoms with E-state index >= 15 is 0 Å². The SMILES string of the molecule is Cc1cnccc1CNc1ccc(N)c(C(N)=O)c1. The zero-order valence-corrected chi connectivity index (χ0v) is 10.7. The number of hydrogen-bond donors (Lipinski definition) is 3. The van der Waals surface area contributed by atoms with Gasteiger partial charge >= 0.3 is 0 Å². The molecule has 0 spiro atoms. The second kappa shape index (κ2) is 5.39. The number of pyridine rings is 1. The van der Waals surface area contributed by atoms with Crippen molar-refractivity contribution in [1.82, 2.24) is 4.98 Å². The summed E-state index contributed by atoms with van der Waals surface area (Å²) in [6.07, 6.45) is 3.57. The first-order valence-corrected chi connectivity index (χ1v) is 5.90. The van der Waals surface area contributed by atoms with E-state index in [0.717, 1.165) is 16.8 Å². The molecule has 0 aliphatic rings. The summed E-state index contributed by atoms with van der Waals surface area (Å²) in [5, 5.41) is 3.23. The maximum absolute atomic E-state index is 11.2. The molecule has 2 aromatic rings. The number of hydrogen-bond acceptors (Lipinski definition) is 4. The summed E-state index contributed by atoms with van der Waals surface area (Å²) in [5.41, 5.74) is 14.7. The minimum Gasteiger partial charge on any atom is -0.398 e. The van der Waals surface area contributed by atoms with Crippen LogP contribution >= 0.6 is 0 Å². The molecule has 1 aromatic carbocycles. The summed E-state index contributed by atoms with van der Waals surface area (Å²) in [7, 11) is 0. The standard InChI is InChI=1S/C14H16N4O/c1-9-7-17-5-4-10(9)8-18-11-2-3-13(15)12(6-11)14(16)19/h2-7,18H,8,15H2,1H3,(H2,16,19). The Kier molecular flexibility index (Phi) is 3.66. The van der Waals surface area contributed by atoms with Crippen LogP contribution < -0.4 is 16.8 Å². The number of nitrogens with two attached hydrogens (primary N) is 2. The van der Waals surface area contributed by atoms with Crippen molar-refractivity contribution in [3.63, 3.8) is 0 Å². The Bertz CT molecular complexity index is 610. The van der Waals surface area contributed by atoms with Crippen molar-refractivity contribution in [2.45, 2.75) is 13.5 Å². The van der Waals surface area contributed by atoms with Gasteiger partial charge in [0.15, 0.2) is 0 Å². The van der Waals surface area contributed by atoms with Crippen molar-refractivity contribution < 1.29 is 4.79 Å². The van der Waals surface area contributed by atoms with Crippen LogP contribution in [0.5, 0.6) is 0 Å². The lowest BCUT2D eigenvalue weighted by molar-refractivity contribution is 0.100. The molecule has 98 valence electrons. The summed E-state index contributed by atoms with van der Waals surface area (Å²) >= 11 is 0. The molecule has 0 bridgehead atoms. The molecule has 19 heavy (non-hydrogen) atoms. The number of aryl methyl sites for hydroxylation is 1. The molecule has 0 radical (unpaired) electrons. The van der Waals surface area contributed by atoms with Crippen molar-refractivity contribution in [2.75, 3.05) is 11.1 Å². The molecule has 0 aliphatic carbocycles. The molecule has 5 nitrogen and oxygen atoms in total. The van der Waals surface area contributed by atoms with Gasteiger partial charge in [-0.3, -0.25) is 9.78 Å². The number of primary amides is 1. The molecule has 0 atom stereocenters. The number of rotatable bonds is 4. The highest BCUT2D eigenvalue weighted by molar-refractivity contribution is 5.98. The van der Waals surface area contributed by atoms with Gasteiger partial charge in [-0.15, -0.1) is 0 Å². The van der Waals surface area contributed by atoms with Gasteiger partial charge in [-0.1, -0.05) is 0 Å². The molecule has 1 heterocycles. The fourth-order valence-electron chi connectivity index (χ4n) is 1.78. The lowest BCUT2D eigenvalue weighted by atomic mass is 10.1. The third-order valence-electron chi connectivity index (χ3n) is 2.94. The van der Waals surface area contributed by atoms with Crippen LogP contribution in [0, 0.1) is 6.92 Å². The molecule has 1 amide bonds. The van der Waals surface area contributed by atoms with Gasteiger partial charge in [0.25, 0.3) is 5.91 Å². The number of carbonyl (C=O) groups excluding carboxylic acids is 1. The largest absolute Gasteiger partial charge is 0.398 e. The van der Waals surface area contributed by atoms with Crippen molar-refractivity contribution in [1.29, 1.82) is 0 Å². The van der Waals surface area contributed by atoms with Gasteiger partial charge in [-0.2, -0.15) is 0 Å². The molecule has 0 saturated carbocycles. The summed E-state index contributed by atoms with van der Waals surface area (Å²) in [5.74, 6) is -0.527. The average molecular weight is 256 g/mol. The topological polar surface area (TPSA) is 94.0 Å². The van der Waals surface area contributed by atoms with E-state index in [4.69, 9.17) is 11.5 Å². The third-order valence-corrected chi connectivity index (χ3v) is 2.94. The van der Waals surface area contributed by atoms with E-state index in [-0.39, 0.29) is 0 Å². The van der Waals surface area contributed by atoms with Crippen LogP contribution in [0.2, 0.25) is 0 Å². The van der Waals surface area contributed by atoms with Gasteiger partial charge in [-0.25, -0.2) is 0 Å². The van der Waals surface area contributed by atoms with Gasteiger partial charge in [0.2, 0.25) is 0 Å². The highest BCUT2D eigenvalue weighted by atomic mass is 16.1. The molecular weight excluding hydrogens is 240 g/mol. The molecule has 0 fully saturated rings. The first-order valence-electron chi connectivity index (χ1n) is 5.90. The highest BCUT2D eigenvalue weighted by Crippen LogP contribution is 2.18. The fourth-order valence-corrected chi connectivity index (χ4v) is 1.78. The highest BCUT2D eigenvalue weighted by Gasteiger charge is 2.06. The normalized spacial score (nSPS) is 10.2. The van der Waals surface area contributed by atoms with Crippen molar-refractivity contribution in [3.8, 4) is 0 Å². The number of anilines is 2. The van der Waals surface area contributed by atoms with Gasteiger partial charge in [0.1, 0.15) is 0 Å². The van der Waals surface area contributed by atoms with Crippen LogP contribution in [0.15, 0.2) is 36.7 Å². The van der Waals surface area contributed by atoms with Gasteiger partial charge in [-0.05, 0) is 42.3 Å². The van der Waals surface area contributed by atoms with Gasteiger partial charge in [0, 0.05) is 30.3 Å². The summed E-state index contributed by atoms with van der Waals surface area (Å²) in [4.78, 5) is 15.3. The number of amides is 1. The van der Waals surface area contributed by atoms with E-state index < -0.39 is 5.91 Å². The van der Waals surface area contributed by atoms with Crippen LogP contribution in [0.3, 0.4) is 0 Å². The molecule has 1 aromatic heterocycles. The summed E-state index contributed by atoms with van der Waals surface area (Å²) in [6.45, 7) is 2.65. The first-order chi connectivity index (χ1) is 9.08. The van der Waals surface area contributed by atoms with Crippen molar-refractivity contribution in [3.05, 3.63) is 53.3 Å². The zero-order chi connectivity index (χ0) is 13.8. The third kappa shape index (κ3) is 3.01. The number of nitrogens with one attached hydrogen (secondary N) is 1. The molecule has 2 rings (SSSR count). The summed E-state index contributed by atoms with van der Waals surface area (Å²) in [6, 6.07) is 7.10. The quantitative estimate of drug-likeness (QED) is 0.725. The Morgan fingerprint density at radius 2 is 2.16 bits per heavy atom. The van der Waals surface area contributed by atoms with E-state index in [1.807, 2.05) is 25.3 Å². The number of nitrogens with zero attached hydrogens (tertiary/aromatic N) is 1. The maximum Gasteiger partial charge on any atom is 0.250 e. The Morgan fingerprint density at radius 3 is 2.84 bits per heavy atom. The second-order valence-electron chi connectivity index (χ2n) is 4.32. The van der Waals surface area contributed by atoms with Crippen molar-refractivity contribution >= 4 is 17.3 Å². The molecule has 0 unspecified atom stereocenters. The second-order valence-corrected chi connectivity index (χ2v) is 4.32. The van der Waals surface area contributed by atoms with Gasteiger partial charge < -0.3 is 16.8 Å². The monoisotopic (exact) mass is 256 g/mol. The zero-order valence-electron chi connectivity index (χ0n) is 10.7. The van der Waals surface area contributed by atoms with E-state index in [2.05, 4.69) is 10.3 Å². The van der Waals surface area contributed by atoms with Crippen LogP contribution in [-0.2, 0) is 6.54 Å². The fraction of sp³-hybridized carbons (Fsp3) is 0.143. The minimum atomic E-state index is -0.527. The van der Waals surface area contributed by atoms with E-state index in [1.165, 1.54) is 0 Å². The molecular formula is C14H16N4O.